The molecule has 7 rings (SSSR count). The first-order valence-corrected chi connectivity index (χ1v) is 13.3. The molecule has 1 nitrogen and oxygen atoms in total. The van der Waals surface area contributed by atoms with E-state index in [1.54, 1.807) is 0 Å². The first-order valence-electron chi connectivity index (χ1n) is 12.5. The molecule has 0 radical (unpaired) electrons. The van der Waals surface area contributed by atoms with Crippen LogP contribution < -0.4 is 0 Å². The maximum atomic E-state index is 5.07. The summed E-state index contributed by atoms with van der Waals surface area (Å²) in [5, 5.41) is 2.66. The molecule has 0 unspecified atom stereocenters. The second-order valence-electron chi connectivity index (χ2n) is 9.24. The minimum atomic E-state index is 0.978. The van der Waals surface area contributed by atoms with Crippen molar-refractivity contribution in [3.8, 4) is 44.8 Å². The average molecular weight is 490 g/mol. The van der Waals surface area contributed by atoms with E-state index in [9.17, 15) is 0 Å². The summed E-state index contributed by atoms with van der Waals surface area (Å²) in [4.78, 5) is 5.07. The lowest BCUT2D eigenvalue weighted by molar-refractivity contribution is 1.32. The summed E-state index contributed by atoms with van der Waals surface area (Å²) < 4.78 is 2.67. The molecule has 0 bridgehead atoms. The number of nitrogens with zero attached hydrogens (tertiary/aromatic N) is 1. The van der Waals surface area contributed by atoms with Gasteiger partial charge in [0.2, 0.25) is 0 Å². The fourth-order valence-corrected chi connectivity index (χ4v) is 6.06. The molecule has 7 aromatic rings. The summed E-state index contributed by atoms with van der Waals surface area (Å²) >= 11 is 1.86. The number of hydrogen-bond donors (Lipinski definition) is 0. The molecule has 0 amide bonds. The van der Waals surface area contributed by atoms with Crippen molar-refractivity contribution < 1.29 is 0 Å². The van der Waals surface area contributed by atoms with Gasteiger partial charge in [-0.15, -0.1) is 11.3 Å². The first kappa shape index (κ1) is 21.7. The van der Waals surface area contributed by atoms with Gasteiger partial charge in [0, 0.05) is 31.3 Å². The van der Waals surface area contributed by atoms with Crippen molar-refractivity contribution in [1.29, 1.82) is 0 Å². The van der Waals surface area contributed by atoms with E-state index < -0.39 is 0 Å². The minimum absolute atomic E-state index is 0.978. The molecule has 0 saturated carbocycles. The van der Waals surface area contributed by atoms with Crippen molar-refractivity contribution in [1.82, 2.24) is 4.98 Å². The highest BCUT2D eigenvalue weighted by atomic mass is 32.1. The Balaban J connectivity index is 1.30. The lowest BCUT2D eigenvalue weighted by atomic mass is 9.98. The smallest absolute Gasteiger partial charge is 0.0715 e. The van der Waals surface area contributed by atoms with Gasteiger partial charge in [0.05, 0.1) is 11.4 Å². The molecule has 37 heavy (non-hydrogen) atoms. The molecule has 0 aliphatic heterocycles. The van der Waals surface area contributed by atoms with Crippen molar-refractivity contribution >= 4 is 31.5 Å². The largest absolute Gasteiger partial charge is 0.248 e. The zero-order chi connectivity index (χ0) is 24.6. The molecule has 0 aliphatic rings. The number of pyridine rings is 1. The molecule has 0 fully saturated rings. The second-order valence-corrected chi connectivity index (χ2v) is 10.3. The summed E-state index contributed by atoms with van der Waals surface area (Å²) in [6, 6.07) is 49.6. The molecule has 2 heteroatoms. The van der Waals surface area contributed by atoms with Gasteiger partial charge < -0.3 is 0 Å². The topological polar surface area (TPSA) is 12.9 Å². The van der Waals surface area contributed by atoms with Crippen LogP contribution in [0, 0.1) is 0 Å². The van der Waals surface area contributed by atoms with Crippen LogP contribution in [0.5, 0.6) is 0 Å². The Hall–Kier alpha value is -4.53. The fraction of sp³-hybridized carbons (Fsp3) is 0. The molecular formula is C35H23NS. The molecule has 2 heterocycles. The maximum absolute atomic E-state index is 5.07. The summed E-state index contributed by atoms with van der Waals surface area (Å²) in [7, 11) is 0. The van der Waals surface area contributed by atoms with Gasteiger partial charge >= 0.3 is 0 Å². The Labute approximate surface area is 220 Å². The number of rotatable bonds is 4. The lowest BCUT2D eigenvalue weighted by Gasteiger charge is -2.11. The lowest BCUT2D eigenvalue weighted by Crippen LogP contribution is -1.91. The second kappa shape index (κ2) is 9.16. The molecule has 174 valence electrons. The maximum Gasteiger partial charge on any atom is 0.0715 e. The minimum Gasteiger partial charge on any atom is -0.248 e. The number of aromatic nitrogens is 1. The predicted molar refractivity (Wildman–Crippen MR) is 159 cm³/mol. The van der Waals surface area contributed by atoms with E-state index in [0.29, 0.717) is 0 Å². The third kappa shape index (κ3) is 4.12. The Kier molecular flexibility index (Phi) is 5.38. The van der Waals surface area contributed by atoms with Crippen molar-refractivity contribution in [2.75, 3.05) is 0 Å². The van der Waals surface area contributed by atoms with Crippen molar-refractivity contribution in [2.24, 2.45) is 0 Å². The van der Waals surface area contributed by atoms with E-state index in [1.165, 1.54) is 42.4 Å². The average Bonchev–Trinajstić information content (AvgIpc) is 3.36. The molecule has 5 aromatic carbocycles. The van der Waals surface area contributed by atoms with Gasteiger partial charge in [-0.1, -0.05) is 109 Å². The Morgan fingerprint density at radius 3 is 1.59 bits per heavy atom. The Bertz CT molecular complexity index is 1790. The molecule has 2 aromatic heterocycles. The summed E-state index contributed by atoms with van der Waals surface area (Å²) in [6.45, 7) is 0. The summed E-state index contributed by atoms with van der Waals surface area (Å²) in [6.07, 6.45) is 0. The fourth-order valence-electron chi connectivity index (χ4n) is 4.97. The SMILES string of the molecule is c1ccc(-c2cc(-c3ccccc3)nc(-c3ccc(-c4ccc5sc6ccccc6c5c4)cc3)c2)cc1. The number of benzene rings is 5. The van der Waals surface area contributed by atoms with Gasteiger partial charge in [0.15, 0.2) is 0 Å². The van der Waals surface area contributed by atoms with Crippen LogP contribution in [0.25, 0.3) is 64.9 Å². The van der Waals surface area contributed by atoms with Crippen LogP contribution in [0.3, 0.4) is 0 Å². The normalized spacial score (nSPS) is 11.2. The van der Waals surface area contributed by atoms with E-state index in [0.717, 1.165) is 22.5 Å². The van der Waals surface area contributed by atoms with Crippen LogP contribution in [0.1, 0.15) is 0 Å². The Morgan fingerprint density at radius 1 is 0.351 bits per heavy atom. The predicted octanol–water partition coefficient (Wildman–Crippen LogP) is 10.1. The van der Waals surface area contributed by atoms with Crippen molar-refractivity contribution in [3.05, 3.63) is 140 Å². The quantitative estimate of drug-likeness (QED) is 0.240. The van der Waals surface area contributed by atoms with Crippen LogP contribution >= 0.6 is 11.3 Å². The third-order valence-electron chi connectivity index (χ3n) is 6.89. The van der Waals surface area contributed by atoms with Gasteiger partial charge in [-0.05, 0) is 52.6 Å². The highest BCUT2D eigenvalue weighted by Gasteiger charge is 2.10. The standard InChI is InChI=1S/C35H23NS/c1-3-9-24(10-4-1)29-22-32(26-11-5-2-6-12-26)36-33(23-29)27-17-15-25(16-18-27)28-19-20-35-31(21-28)30-13-7-8-14-34(30)37-35/h1-23H. The number of thiophene rings is 1. The van der Waals surface area contributed by atoms with Crippen molar-refractivity contribution in [3.63, 3.8) is 0 Å². The molecule has 0 spiro atoms. The summed E-state index contributed by atoms with van der Waals surface area (Å²) in [5.74, 6) is 0. The Morgan fingerprint density at radius 2 is 0.865 bits per heavy atom. The number of hydrogen-bond acceptors (Lipinski definition) is 2. The van der Waals surface area contributed by atoms with Gasteiger partial charge in [0.25, 0.3) is 0 Å². The summed E-state index contributed by atoms with van der Waals surface area (Å²) in [5.41, 5.74) is 9.00. The third-order valence-corrected chi connectivity index (χ3v) is 8.04. The molecule has 0 atom stereocenters. The molecule has 0 N–H and O–H groups in total. The van der Waals surface area contributed by atoms with Gasteiger partial charge in [-0.25, -0.2) is 4.98 Å². The van der Waals surface area contributed by atoms with Gasteiger partial charge in [-0.3, -0.25) is 0 Å². The van der Waals surface area contributed by atoms with E-state index in [2.05, 4.69) is 133 Å². The molecular weight excluding hydrogens is 466 g/mol. The van der Waals surface area contributed by atoms with Crippen LogP contribution in [0.2, 0.25) is 0 Å². The van der Waals surface area contributed by atoms with E-state index in [1.807, 2.05) is 17.4 Å². The zero-order valence-electron chi connectivity index (χ0n) is 20.1. The van der Waals surface area contributed by atoms with E-state index in [4.69, 9.17) is 4.98 Å². The first-order chi connectivity index (χ1) is 18.3. The van der Waals surface area contributed by atoms with Crippen LogP contribution in [-0.4, -0.2) is 4.98 Å². The number of fused-ring (bicyclic) bond motifs is 3. The molecule has 0 aliphatic carbocycles. The van der Waals surface area contributed by atoms with Crippen LogP contribution in [-0.2, 0) is 0 Å². The van der Waals surface area contributed by atoms with E-state index in [-0.39, 0.29) is 0 Å². The highest BCUT2D eigenvalue weighted by Crippen LogP contribution is 2.37. The highest BCUT2D eigenvalue weighted by molar-refractivity contribution is 7.25. The van der Waals surface area contributed by atoms with E-state index >= 15 is 0 Å². The van der Waals surface area contributed by atoms with Crippen LogP contribution in [0.15, 0.2) is 140 Å². The monoisotopic (exact) mass is 489 g/mol. The van der Waals surface area contributed by atoms with Crippen LogP contribution in [0.4, 0.5) is 0 Å². The van der Waals surface area contributed by atoms with Gasteiger partial charge in [0.1, 0.15) is 0 Å². The van der Waals surface area contributed by atoms with Gasteiger partial charge in [-0.2, -0.15) is 0 Å². The molecule has 0 saturated heterocycles. The zero-order valence-corrected chi connectivity index (χ0v) is 21.0. The van der Waals surface area contributed by atoms with Crippen molar-refractivity contribution in [2.45, 2.75) is 0 Å².